The Balaban J connectivity index is 1.63. The Kier molecular flexibility index (Phi) is 7.39. The number of amides is 1. The van der Waals surface area contributed by atoms with Gasteiger partial charge in [-0.1, -0.05) is 25.0 Å². The molecular formula is C20H22BrN3O3S2. The van der Waals surface area contributed by atoms with Crippen LogP contribution in [-0.4, -0.2) is 36.8 Å². The molecule has 1 aliphatic heterocycles. The Morgan fingerprint density at radius 3 is 2.21 bits per heavy atom. The van der Waals surface area contributed by atoms with Gasteiger partial charge in [-0.3, -0.25) is 10.1 Å². The van der Waals surface area contributed by atoms with Crippen LogP contribution in [0, 0.1) is 0 Å². The molecule has 2 aromatic rings. The van der Waals surface area contributed by atoms with Crippen LogP contribution in [0.25, 0.3) is 0 Å². The van der Waals surface area contributed by atoms with Crippen molar-refractivity contribution in [3.8, 4) is 0 Å². The molecule has 0 aromatic heterocycles. The second-order valence-electron chi connectivity index (χ2n) is 6.73. The first-order valence-corrected chi connectivity index (χ1v) is 12.0. The fourth-order valence-corrected chi connectivity index (χ4v) is 5.31. The molecular weight excluding hydrogens is 474 g/mol. The van der Waals surface area contributed by atoms with Gasteiger partial charge in [0.1, 0.15) is 0 Å². The van der Waals surface area contributed by atoms with E-state index in [2.05, 4.69) is 26.6 Å². The normalized spacial score (nSPS) is 15.3. The lowest BCUT2D eigenvalue weighted by Crippen LogP contribution is -2.34. The van der Waals surface area contributed by atoms with E-state index in [-0.39, 0.29) is 15.9 Å². The van der Waals surface area contributed by atoms with Gasteiger partial charge in [0, 0.05) is 23.2 Å². The number of carbonyl (C=O) groups is 1. The summed E-state index contributed by atoms with van der Waals surface area (Å²) >= 11 is 8.53. The van der Waals surface area contributed by atoms with Crippen molar-refractivity contribution in [1.82, 2.24) is 9.62 Å². The van der Waals surface area contributed by atoms with Gasteiger partial charge in [0.15, 0.2) is 5.11 Å². The average Bonchev–Trinajstić information content (AvgIpc) is 2.98. The number of nitrogens with zero attached hydrogens (tertiary/aromatic N) is 1. The molecule has 2 N–H and O–H groups in total. The summed E-state index contributed by atoms with van der Waals surface area (Å²) in [5.41, 5.74) is 1.06. The van der Waals surface area contributed by atoms with Gasteiger partial charge >= 0.3 is 0 Å². The van der Waals surface area contributed by atoms with Gasteiger partial charge in [0.25, 0.3) is 5.91 Å². The van der Waals surface area contributed by atoms with Crippen molar-refractivity contribution >= 4 is 54.9 Å². The van der Waals surface area contributed by atoms with Crippen LogP contribution in [0.2, 0.25) is 0 Å². The van der Waals surface area contributed by atoms with E-state index in [0.29, 0.717) is 28.8 Å². The number of hydrogen-bond acceptors (Lipinski definition) is 4. The lowest BCUT2D eigenvalue weighted by molar-refractivity contribution is 0.0977. The summed E-state index contributed by atoms with van der Waals surface area (Å²) in [7, 11) is -3.49. The van der Waals surface area contributed by atoms with E-state index in [1.807, 2.05) is 6.07 Å². The smallest absolute Gasteiger partial charge is 0.258 e. The number of carbonyl (C=O) groups excluding carboxylic acids is 1. The summed E-state index contributed by atoms with van der Waals surface area (Å²) in [6, 6.07) is 13.4. The summed E-state index contributed by atoms with van der Waals surface area (Å²) < 4.78 is 27.9. The van der Waals surface area contributed by atoms with E-state index >= 15 is 0 Å². The van der Waals surface area contributed by atoms with Crippen molar-refractivity contribution in [3.05, 3.63) is 58.6 Å². The van der Waals surface area contributed by atoms with Gasteiger partial charge in [0.2, 0.25) is 10.0 Å². The van der Waals surface area contributed by atoms with Crippen molar-refractivity contribution in [2.75, 3.05) is 18.4 Å². The minimum absolute atomic E-state index is 0.133. The summed E-state index contributed by atoms with van der Waals surface area (Å²) in [5.74, 6) is -0.338. The van der Waals surface area contributed by atoms with E-state index in [1.165, 1.54) is 0 Å². The predicted molar refractivity (Wildman–Crippen MR) is 121 cm³/mol. The predicted octanol–water partition coefficient (Wildman–Crippen LogP) is 4.14. The first-order valence-electron chi connectivity index (χ1n) is 9.35. The monoisotopic (exact) mass is 495 g/mol. The van der Waals surface area contributed by atoms with Crippen LogP contribution in [0.4, 0.5) is 5.69 Å². The van der Waals surface area contributed by atoms with Gasteiger partial charge in [-0.15, -0.1) is 0 Å². The molecule has 9 heteroatoms. The number of hydrogen-bond donors (Lipinski definition) is 2. The molecule has 2 aromatic carbocycles. The van der Waals surface area contributed by atoms with Crippen LogP contribution in [-0.2, 0) is 10.0 Å². The van der Waals surface area contributed by atoms with Crippen LogP contribution in [0.1, 0.15) is 36.0 Å². The Morgan fingerprint density at radius 1 is 0.966 bits per heavy atom. The van der Waals surface area contributed by atoms with E-state index in [9.17, 15) is 13.2 Å². The van der Waals surface area contributed by atoms with Crippen molar-refractivity contribution in [3.63, 3.8) is 0 Å². The molecule has 1 aliphatic rings. The average molecular weight is 496 g/mol. The standard InChI is InChI=1S/C20H22BrN3O3S2/c21-18-8-4-3-7-17(18)19(25)23-20(28)22-15-9-11-16(12-10-15)29(26,27)24-13-5-1-2-6-14-24/h3-4,7-12H,1-2,5-6,13-14H2,(H2,22,23,25,28). The molecule has 1 fully saturated rings. The molecule has 0 aliphatic carbocycles. The molecule has 0 unspecified atom stereocenters. The van der Waals surface area contributed by atoms with Gasteiger partial charge in [0.05, 0.1) is 10.5 Å². The fourth-order valence-electron chi connectivity index (χ4n) is 3.12. The summed E-state index contributed by atoms with van der Waals surface area (Å²) in [6.07, 6.45) is 3.92. The topological polar surface area (TPSA) is 78.5 Å². The first-order chi connectivity index (χ1) is 13.9. The Hall–Kier alpha value is -1.81. The van der Waals surface area contributed by atoms with Gasteiger partial charge in [-0.05, 0) is 77.4 Å². The van der Waals surface area contributed by atoms with Crippen LogP contribution >= 0.6 is 28.1 Å². The number of thiocarbonyl (C=S) groups is 1. The highest BCUT2D eigenvalue weighted by Crippen LogP contribution is 2.22. The number of benzene rings is 2. The lowest BCUT2D eigenvalue weighted by Gasteiger charge is -2.20. The summed E-state index contributed by atoms with van der Waals surface area (Å²) in [6.45, 7) is 1.13. The maximum Gasteiger partial charge on any atom is 0.258 e. The third-order valence-electron chi connectivity index (χ3n) is 4.66. The van der Waals surface area contributed by atoms with Crippen molar-refractivity contribution in [1.29, 1.82) is 0 Å². The van der Waals surface area contributed by atoms with E-state index in [0.717, 1.165) is 25.7 Å². The van der Waals surface area contributed by atoms with Crippen molar-refractivity contribution < 1.29 is 13.2 Å². The molecule has 1 amide bonds. The molecule has 0 saturated carbocycles. The summed E-state index contributed by atoms with van der Waals surface area (Å²) in [5, 5.41) is 5.65. The first kappa shape index (κ1) is 21.9. The Bertz CT molecular complexity index is 986. The number of halogens is 1. The molecule has 0 bridgehead atoms. The molecule has 1 heterocycles. The molecule has 6 nitrogen and oxygen atoms in total. The van der Waals surface area contributed by atoms with Crippen LogP contribution in [0.15, 0.2) is 57.9 Å². The Morgan fingerprint density at radius 2 is 1.59 bits per heavy atom. The highest BCUT2D eigenvalue weighted by atomic mass is 79.9. The largest absolute Gasteiger partial charge is 0.332 e. The van der Waals surface area contributed by atoms with Crippen LogP contribution in [0.5, 0.6) is 0 Å². The molecule has 0 atom stereocenters. The molecule has 3 rings (SSSR count). The quantitative estimate of drug-likeness (QED) is 0.623. The number of nitrogens with one attached hydrogen (secondary N) is 2. The fraction of sp³-hybridized carbons (Fsp3) is 0.300. The van der Waals surface area contributed by atoms with Crippen LogP contribution in [0.3, 0.4) is 0 Å². The van der Waals surface area contributed by atoms with Crippen molar-refractivity contribution in [2.45, 2.75) is 30.6 Å². The van der Waals surface area contributed by atoms with E-state index in [1.54, 1.807) is 46.8 Å². The Labute approximate surface area is 184 Å². The van der Waals surface area contributed by atoms with Gasteiger partial charge < -0.3 is 5.32 Å². The second-order valence-corrected chi connectivity index (χ2v) is 9.93. The van der Waals surface area contributed by atoms with E-state index < -0.39 is 10.0 Å². The molecule has 154 valence electrons. The third-order valence-corrected chi connectivity index (χ3v) is 7.47. The highest BCUT2D eigenvalue weighted by Gasteiger charge is 2.25. The minimum atomic E-state index is -3.49. The SMILES string of the molecule is O=C(NC(=S)Nc1ccc(S(=O)(=O)N2CCCCCC2)cc1)c1ccccc1Br. The zero-order chi connectivity index (χ0) is 20.9. The molecule has 0 radical (unpaired) electrons. The summed E-state index contributed by atoms with van der Waals surface area (Å²) in [4.78, 5) is 12.6. The second kappa shape index (κ2) is 9.80. The molecule has 29 heavy (non-hydrogen) atoms. The van der Waals surface area contributed by atoms with Crippen molar-refractivity contribution in [2.24, 2.45) is 0 Å². The number of sulfonamides is 1. The zero-order valence-electron chi connectivity index (χ0n) is 15.7. The molecule has 0 spiro atoms. The van der Waals surface area contributed by atoms with Gasteiger partial charge in [-0.25, -0.2) is 8.42 Å². The third kappa shape index (κ3) is 5.63. The lowest BCUT2D eigenvalue weighted by atomic mass is 10.2. The molecule has 1 saturated heterocycles. The highest BCUT2D eigenvalue weighted by molar-refractivity contribution is 9.10. The number of rotatable bonds is 4. The van der Waals surface area contributed by atoms with E-state index in [4.69, 9.17) is 12.2 Å². The minimum Gasteiger partial charge on any atom is -0.332 e. The maximum absolute atomic E-state index is 12.8. The van der Waals surface area contributed by atoms with Gasteiger partial charge in [-0.2, -0.15) is 4.31 Å². The maximum atomic E-state index is 12.8. The zero-order valence-corrected chi connectivity index (χ0v) is 18.9. The number of anilines is 1. The van der Waals surface area contributed by atoms with Crippen LogP contribution < -0.4 is 10.6 Å².